The Labute approximate surface area is 105 Å². The predicted octanol–water partition coefficient (Wildman–Crippen LogP) is 3.62. The Hall–Kier alpha value is -1.03. The Morgan fingerprint density at radius 2 is 2.00 bits per heavy atom. The first-order chi connectivity index (χ1) is 7.49. The van der Waals surface area contributed by atoms with Crippen molar-refractivity contribution in [3.8, 4) is 0 Å². The van der Waals surface area contributed by atoms with Crippen LogP contribution in [0.3, 0.4) is 0 Å². The van der Waals surface area contributed by atoms with Crippen LogP contribution in [0.5, 0.6) is 0 Å². The number of carbonyl (C=O) groups is 1. The van der Waals surface area contributed by atoms with Crippen LogP contribution in [0.1, 0.15) is 20.8 Å². The molecule has 0 aliphatic rings. The van der Waals surface area contributed by atoms with Crippen LogP contribution in [0.4, 0.5) is 10.5 Å². The molecule has 0 spiro atoms. The normalized spacial score (nSPS) is 12.3. The summed E-state index contributed by atoms with van der Waals surface area (Å²) in [5, 5.41) is 5.67. The predicted molar refractivity (Wildman–Crippen MR) is 70.6 cm³/mol. The second-order valence-electron chi connectivity index (χ2n) is 4.14. The molecule has 2 amide bonds. The molecular formula is C12H17BrN2O. The Kier molecular flexibility index (Phi) is 4.80. The summed E-state index contributed by atoms with van der Waals surface area (Å²) in [6.07, 6.45) is 0. The van der Waals surface area contributed by atoms with Gasteiger partial charge in [0.2, 0.25) is 0 Å². The van der Waals surface area contributed by atoms with Gasteiger partial charge in [-0.1, -0.05) is 35.8 Å². The minimum absolute atomic E-state index is 0.159. The summed E-state index contributed by atoms with van der Waals surface area (Å²) in [6.45, 7) is 6.14. The van der Waals surface area contributed by atoms with Crippen LogP contribution in [-0.2, 0) is 0 Å². The maximum Gasteiger partial charge on any atom is 0.319 e. The number of hydrogen-bond acceptors (Lipinski definition) is 1. The average molecular weight is 285 g/mol. The lowest BCUT2D eigenvalue weighted by Gasteiger charge is -2.17. The lowest BCUT2D eigenvalue weighted by atomic mass is 10.1. The Morgan fingerprint density at radius 3 is 2.56 bits per heavy atom. The summed E-state index contributed by atoms with van der Waals surface area (Å²) in [5.41, 5.74) is 0.780. The van der Waals surface area contributed by atoms with Crippen LogP contribution >= 0.6 is 15.9 Å². The van der Waals surface area contributed by atoms with E-state index in [-0.39, 0.29) is 12.1 Å². The number of benzene rings is 1. The smallest absolute Gasteiger partial charge is 0.319 e. The van der Waals surface area contributed by atoms with E-state index in [0.717, 1.165) is 10.2 Å². The fourth-order valence-corrected chi connectivity index (χ4v) is 1.51. The molecule has 1 rings (SSSR count). The van der Waals surface area contributed by atoms with Crippen LogP contribution in [0.15, 0.2) is 28.7 Å². The quantitative estimate of drug-likeness (QED) is 0.875. The van der Waals surface area contributed by atoms with Crippen LogP contribution in [0.25, 0.3) is 0 Å². The SMILES string of the molecule is CC(C)[C@@H](C)NC(=O)Nc1cccc(Br)c1. The number of hydrogen-bond donors (Lipinski definition) is 2. The van der Waals surface area contributed by atoms with Crippen molar-refractivity contribution in [1.29, 1.82) is 0 Å². The Bertz CT molecular complexity index is 366. The molecule has 0 aromatic heterocycles. The monoisotopic (exact) mass is 284 g/mol. The highest BCUT2D eigenvalue weighted by atomic mass is 79.9. The van der Waals surface area contributed by atoms with Crippen molar-refractivity contribution in [2.24, 2.45) is 5.92 Å². The Morgan fingerprint density at radius 1 is 1.31 bits per heavy atom. The van der Waals surface area contributed by atoms with Crippen molar-refractivity contribution >= 4 is 27.6 Å². The average Bonchev–Trinajstić information content (AvgIpc) is 2.16. The second-order valence-corrected chi connectivity index (χ2v) is 5.06. The van der Waals surface area contributed by atoms with Gasteiger partial charge in [0.05, 0.1) is 0 Å². The maximum absolute atomic E-state index is 11.6. The highest BCUT2D eigenvalue weighted by Gasteiger charge is 2.10. The summed E-state index contributed by atoms with van der Waals surface area (Å²) in [4.78, 5) is 11.6. The van der Waals surface area contributed by atoms with E-state index in [1.165, 1.54) is 0 Å². The van der Waals surface area contributed by atoms with E-state index < -0.39 is 0 Å². The molecule has 0 heterocycles. The van der Waals surface area contributed by atoms with Crippen molar-refractivity contribution in [3.63, 3.8) is 0 Å². The first-order valence-electron chi connectivity index (χ1n) is 5.32. The summed E-state index contributed by atoms with van der Waals surface area (Å²) < 4.78 is 0.946. The van der Waals surface area contributed by atoms with Gasteiger partial charge in [-0.2, -0.15) is 0 Å². The molecule has 1 aromatic rings. The van der Waals surface area contributed by atoms with Gasteiger partial charge in [0.25, 0.3) is 0 Å². The number of halogens is 1. The lowest BCUT2D eigenvalue weighted by Crippen LogP contribution is -2.38. The molecule has 0 bridgehead atoms. The maximum atomic E-state index is 11.6. The largest absolute Gasteiger partial charge is 0.335 e. The molecule has 16 heavy (non-hydrogen) atoms. The van der Waals surface area contributed by atoms with Gasteiger partial charge in [0.1, 0.15) is 0 Å². The van der Waals surface area contributed by atoms with Crippen molar-refractivity contribution in [2.75, 3.05) is 5.32 Å². The van der Waals surface area contributed by atoms with E-state index >= 15 is 0 Å². The number of nitrogens with one attached hydrogen (secondary N) is 2. The highest BCUT2D eigenvalue weighted by Crippen LogP contribution is 2.15. The van der Waals surface area contributed by atoms with Gasteiger partial charge in [-0.05, 0) is 31.0 Å². The third kappa shape index (κ3) is 4.23. The molecule has 0 fully saturated rings. The van der Waals surface area contributed by atoms with E-state index in [4.69, 9.17) is 0 Å². The van der Waals surface area contributed by atoms with E-state index in [0.29, 0.717) is 5.92 Å². The van der Waals surface area contributed by atoms with Crippen LogP contribution in [-0.4, -0.2) is 12.1 Å². The topological polar surface area (TPSA) is 41.1 Å². The van der Waals surface area contributed by atoms with E-state index in [1.807, 2.05) is 31.2 Å². The van der Waals surface area contributed by atoms with Gasteiger partial charge < -0.3 is 10.6 Å². The zero-order valence-electron chi connectivity index (χ0n) is 9.75. The van der Waals surface area contributed by atoms with Crippen molar-refractivity contribution in [1.82, 2.24) is 5.32 Å². The second kappa shape index (κ2) is 5.89. The zero-order chi connectivity index (χ0) is 12.1. The molecule has 2 N–H and O–H groups in total. The lowest BCUT2D eigenvalue weighted by molar-refractivity contribution is 0.246. The standard InChI is InChI=1S/C12H17BrN2O/c1-8(2)9(3)14-12(16)15-11-6-4-5-10(13)7-11/h4-9H,1-3H3,(H2,14,15,16)/t9-/m1/s1. The molecule has 3 nitrogen and oxygen atoms in total. The van der Waals surface area contributed by atoms with Gasteiger partial charge >= 0.3 is 6.03 Å². The minimum atomic E-state index is -0.167. The molecule has 0 radical (unpaired) electrons. The number of rotatable bonds is 3. The van der Waals surface area contributed by atoms with Crippen LogP contribution in [0, 0.1) is 5.92 Å². The van der Waals surface area contributed by atoms with E-state index in [1.54, 1.807) is 0 Å². The summed E-state index contributed by atoms with van der Waals surface area (Å²) in [6, 6.07) is 7.50. The number of anilines is 1. The first-order valence-corrected chi connectivity index (χ1v) is 6.11. The van der Waals surface area contributed by atoms with Crippen molar-refractivity contribution in [2.45, 2.75) is 26.8 Å². The van der Waals surface area contributed by atoms with Crippen molar-refractivity contribution < 1.29 is 4.79 Å². The first kappa shape index (κ1) is 13.0. The molecule has 0 aliphatic carbocycles. The number of urea groups is 1. The third-order valence-corrected chi connectivity index (χ3v) is 2.93. The fourth-order valence-electron chi connectivity index (χ4n) is 1.11. The minimum Gasteiger partial charge on any atom is -0.335 e. The summed E-state index contributed by atoms with van der Waals surface area (Å²) in [7, 11) is 0. The number of amides is 2. The Balaban J connectivity index is 2.52. The van der Waals surface area contributed by atoms with Crippen molar-refractivity contribution in [3.05, 3.63) is 28.7 Å². The summed E-state index contributed by atoms with van der Waals surface area (Å²) in [5.74, 6) is 0.424. The van der Waals surface area contributed by atoms with Gasteiger partial charge in [0, 0.05) is 16.2 Å². The van der Waals surface area contributed by atoms with Crippen LogP contribution < -0.4 is 10.6 Å². The van der Waals surface area contributed by atoms with E-state index in [2.05, 4.69) is 40.4 Å². The van der Waals surface area contributed by atoms with Crippen LogP contribution in [0.2, 0.25) is 0 Å². The van der Waals surface area contributed by atoms with Gasteiger partial charge in [-0.25, -0.2) is 4.79 Å². The molecule has 1 aromatic carbocycles. The molecule has 0 saturated carbocycles. The number of carbonyl (C=O) groups excluding carboxylic acids is 1. The molecule has 0 unspecified atom stereocenters. The molecule has 1 atom stereocenters. The summed E-state index contributed by atoms with van der Waals surface area (Å²) >= 11 is 3.35. The molecule has 88 valence electrons. The van der Waals surface area contributed by atoms with Gasteiger partial charge in [-0.3, -0.25) is 0 Å². The fraction of sp³-hybridized carbons (Fsp3) is 0.417. The van der Waals surface area contributed by atoms with Gasteiger partial charge in [0.15, 0.2) is 0 Å². The third-order valence-electron chi connectivity index (χ3n) is 2.44. The molecular weight excluding hydrogens is 268 g/mol. The van der Waals surface area contributed by atoms with E-state index in [9.17, 15) is 4.79 Å². The highest BCUT2D eigenvalue weighted by molar-refractivity contribution is 9.10. The molecule has 0 saturated heterocycles. The molecule has 0 aliphatic heterocycles. The molecule has 4 heteroatoms. The zero-order valence-corrected chi connectivity index (χ0v) is 11.3. The van der Waals surface area contributed by atoms with Gasteiger partial charge in [-0.15, -0.1) is 0 Å².